The van der Waals surface area contributed by atoms with Crippen LogP contribution >= 0.6 is 0 Å². The molecule has 0 saturated carbocycles. The van der Waals surface area contributed by atoms with Crippen molar-refractivity contribution in [2.45, 2.75) is 38.5 Å². The van der Waals surface area contributed by atoms with Crippen LogP contribution in [-0.2, 0) is 34.0 Å². The Morgan fingerprint density at radius 2 is 2.09 bits per heavy atom. The number of piperidine rings is 1. The number of ether oxygens (including phenoxy) is 2. The van der Waals surface area contributed by atoms with Crippen molar-refractivity contribution >= 4 is 17.7 Å². The SMILES string of the molecule is [2H]c1c([2H])c(OCc2ccc(CN3CCOCC3)cc2F)c2c(c1[2H])C(=O)N([C@@]1([2H])C(=O)NC(=O)C([2H])([2H])C1([2H])[2H])C2. The molecule has 2 fully saturated rings. The number of benzene rings is 2. The van der Waals surface area contributed by atoms with Crippen LogP contribution < -0.4 is 10.1 Å². The van der Waals surface area contributed by atoms with Crippen LogP contribution in [-0.4, -0.2) is 59.8 Å². The van der Waals surface area contributed by atoms with Crippen LogP contribution in [0.3, 0.4) is 0 Å². The quantitative estimate of drug-likeness (QED) is 0.643. The molecule has 0 bridgehead atoms. The number of carbonyl (C=O) groups excluding carboxylic acids is 3. The number of amides is 3. The summed E-state index contributed by atoms with van der Waals surface area (Å²) in [6, 6.07) is -0.868. The van der Waals surface area contributed by atoms with E-state index in [9.17, 15) is 14.4 Å². The van der Waals surface area contributed by atoms with Gasteiger partial charge in [-0.15, -0.1) is 0 Å². The van der Waals surface area contributed by atoms with Crippen LogP contribution in [0, 0.1) is 5.82 Å². The smallest absolute Gasteiger partial charge is 0.255 e. The lowest BCUT2D eigenvalue weighted by atomic mass is 10.0. The standard InChI is InChI=1S/C25H26FN3O5/c26-20-12-16(13-28-8-10-33-11-9-28)4-5-17(20)15-34-22-3-1-2-18-19(22)14-29(25(18)32)21-6-7-23(30)27-24(21)31/h1-5,12,21H,6-11,13-15H2,(H,27,30,31)/t21-/m1/s1/i1D,2D,3D,6D2,7D2,21D. The van der Waals surface area contributed by atoms with E-state index >= 15 is 4.39 Å². The molecule has 2 saturated heterocycles. The van der Waals surface area contributed by atoms with Gasteiger partial charge in [-0.2, -0.15) is 0 Å². The molecule has 3 aliphatic rings. The lowest BCUT2D eigenvalue weighted by Gasteiger charge is -2.29. The molecule has 0 unspecified atom stereocenters. The third-order valence-corrected chi connectivity index (χ3v) is 5.72. The molecule has 2 aromatic rings. The number of rotatable bonds is 6. The first-order chi connectivity index (χ1) is 19.6. The van der Waals surface area contributed by atoms with Crippen LogP contribution in [0.15, 0.2) is 36.3 Å². The van der Waals surface area contributed by atoms with Crippen LogP contribution in [0.4, 0.5) is 4.39 Å². The average Bonchev–Trinajstić information content (AvgIpc) is 3.29. The number of morpholine rings is 1. The first-order valence-electron chi connectivity index (χ1n) is 14.6. The van der Waals surface area contributed by atoms with Gasteiger partial charge in [0.1, 0.15) is 24.2 Å². The number of halogens is 1. The maximum absolute atomic E-state index is 15.0. The molecule has 5 rings (SSSR count). The van der Waals surface area contributed by atoms with Crippen molar-refractivity contribution in [1.82, 2.24) is 15.1 Å². The van der Waals surface area contributed by atoms with E-state index in [1.54, 1.807) is 11.4 Å². The zero-order valence-electron chi connectivity index (χ0n) is 26.0. The highest BCUT2D eigenvalue weighted by atomic mass is 19.1. The number of hydrogen-bond donors (Lipinski definition) is 1. The Morgan fingerprint density at radius 1 is 1.26 bits per heavy atom. The summed E-state index contributed by atoms with van der Waals surface area (Å²) >= 11 is 0. The predicted molar refractivity (Wildman–Crippen MR) is 119 cm³/mol. The summed E-state index contributed by atoms with van der Waals surface area (Å²) in [4.78, 5) is 40.7. The molecule has 1 N–H and O–H groups in total. The van der Waals surface area contributed by atoms with Crippen molar-refractivity contribution < 1.29 is 39.2 Å². The average molecular weight is 476 g/mol. The maximum atomic E-state index is 15.0. The van der Waals surface area contributed by atoms with Crippen molar-refractivity contribution in [1.29, 1.82) is 0 Å². The summed E-state index contributed by atoms with van der Waals surface area (Å²) in [5.74, 6) is -5.48. The Kier molecular flexibility index (Phi) is 4.16. The summed E-state index contributed by atoms with van der Waals surface area (Å²) in [6.07, 6.45) is -6.94. The lowest BCUT2D eigenvalue weighted by molar-refractivity contribution is -0.136. The molecular formula is C25H26FN3O5. The summed E-state index contributed by atoms with van der Waals surface area (Å²) in [6.45, 7) is 1.89. The predicted octanol–water partition coefficient (Wildman–Crippen LogP) is 2.00. The van der Waals surface area contributed by atoms with Gasteiger partial charge in [0.15, 0.2) is 0 Å². The first kappa shape index (κ1) is 14.9. The molecule has 0 aliphatic carbocycles. The third kappa shape index (κ3) is 4.53. The van der Waals surface area contributed by atoms with E-state index in [2.05, 4.69) is 4.90 Å². The molecule has 3 amide bonds. The number of carbonyl (C=O) groups is 3. The molecule has 8 nitrogen and oxygen atoms in total. The second-order valence-corrected chi connectivity index (χ2v) is 7.93. The summed E-state index contributed by atoms with van der Waals surface area (Å²) in [5.41, 5.74) is 0.0406. The fourth-order valence-electron chi connectivity index (χ4n) is 3.95. The molecule has 3 aliphatic heterocycles. The summed E-state index contributed by atoms with van der Waals surface area (Å²) in [7, 11) is 0. The van der Waals surface area contributed by atoms with E-state index < -0.39 is 84.9 Å². The minimum atomic E-state index is -3.54. The highest BCUT2D eigenvalue weighted by Gasteiger charge is 2.40. The molecule has 0 radical (unpaired) electrons. The number of fused-ring (bicyclic) bond motifs is 1. The Morgan fingerprint density at radius 3 is 2.88 bits per heavy atom. The Labute approximate surface area is 207 Å². The van der Waals surface area contributed by atoms with Gasteiger partial charge in [0.25, 0.3) is 5.91 Å². The van der Waals surface area contributed by atoms with Crippen LogP contribution in [0.5, 0.6) is 5.75 Å². The summed E-state index contributed by atoms with van der Waals surface area (Å²) in [5, 5.41) is 1.60. The number of hydrogen-bond acceptors (Lipinski definition) is 6. The third-order valence-electron chi connectivity index (χ3n) is 5.72. The van der Waals surface area contributed by atoms with E-state index in [-0.39, 0.29) is 11.1 Å². The Balaban J connectivity index is 1.45. The van der Waals surface area contributed by atoms with E-state index in [0.717, 1.165) is 0 Å². The van der Waals surface area contributed by atoms with Gasteiger partial charge in [0, 0.05) is 48.2 Å². The zero-order valence-corrected chi connectivity index (χ0v) is 18.0. The van der Waals surface area contributed by atoms with Gasteiger partial charge >= 0.3 is 0 Å². The van der Waals surface area contributed by atoms with Crippen molar-refractivity contribution in [2.75, 3.05) is 26.3 Å². The topological polar surface area (TPSA) is 88.2 Å². The molecule has 0 spiro atoms. The van der Waals surface area contributed by atoms with Gasteiger partial charge in [-0.25, -0.2) is 4.39 Å². The van der Waals surface area contributed by atoms with E-state index in [1.807, 2.05) is 0 Å². The first-order valence-corrected chi connectivity index (χ1v) is 10.6. The monoisotopic (exact) mass is 475 g/mol. The minimum Gasteiger partial charge on any atom is -0.488 e. The van der Waals surface area contributed by atoms with Crippen molar-refractivity contribution in [3.63, 3.8) is 0 Å². The molecule has 34 heavy (non-hydrogen) atoms. The molecule has 9 heteroatoms. The maximum Gasteiger partial charge on any atom is 0.255 e. The van der Waals surface area contributed by atoms with Crippen molar-refractivity contribution in [3.05, 3.63) is 64.4 Å². The van der Waals surface area contributed by atoms with Crippen LogP contribution in [0.25, 0.3) is 0 Å². The molecule has 3 heterocycles. The molecule has 1 atom stereocenters. The van der Waals surface area contributed by atoms with Gasteiger partial charge in [-0.05, 0) is 30.1 Å². The van der Waals surface area contributed by atoms with Gasteiger partial charge < -0.3 is 14.4 Å². The Bertz CT molecular complexity index is 1500. The molecule has 2 aromatic carbocycles. The Hall–Kier alpha value is -3.30. The van der Waals surface area contributed by atoms with Gasteiger partial charge in [0.05, 0.1) is 25.2 Å². The zero-order chi connectivity index (χ0) is 30.8. The van der Waals surface area contributed by atoms with Crippen molar-refractivity contribution in [3.8, 4) is 5.75 Å². The van der Waals surface area contributed by atoms with Crippen molar-refractivity contribution in [2.24, 2.45) is 0 Å². The molecule has 0 aromatic heterocycles. The minimum absolute atomic E-state index is 0.0863. The number of nitrogens with one attached hydrogen (secondary N) is 1. The van der Waals surface area contributed by atoms with Gasteiger partial charge in [-0.1, -0.05) is 18.2 Å². The molecular weight excluding hydrogens is 441 g/mol. The second kappa shape index (κ2) is 9.52. The van der Waals surface area contributed by atoms with Gasteiger partial charge in [-0.3, -0.25) is 24.6 Å². The van der Waals surface area contributed by atoms with E-state index in [0.29, 0.717) is 43.3 Å². The normalized spacial score (nSPS) is 29.4. The highest BCUT2D eigenvalue weighted by Crippen LogP contribution is 2.34. The fraction of sp³-hybridized carbons (Fsp3) is 0.400. The fourth-order valence-corrected chi connectivity index (χ4v) is 3.95. The lowest BCUT2D eigenvalue weighted by Crippen LogP contribution is -2.52. The van der Waals surface area contributed by atoms with Crippen LogP contribution in [0.2, 0.25) is 0 Å². The second-order valence-electron chi connectivity index (χ2n) is 7.93. The largest absolute Gasteiger partial charge is 0.488 e. The molecule has 178 valence electrons. The van der Waals surface area contributed by atoms with Crippen LogP contribution in [0.1, 0.15) is 50.8 Å². The van der Waals surface area contributed by atoms with E-state index in [1.165, 1.54) is 12.1 Å². The van der Waals surface area contributed by atoms with Gasteiger partial charge in [0.2, 0.25) is 11.8 Å². The number of imide groups is 1. The number of nitrogens with zero attached hydrogens (tertiary/aromatic N) is 2. The summed E-state index contributed by atoms with van der Waals surface area (Å²) < 4.78 is 91.8. The van der Waals surface area contributed by atoms with E-state index in [4.69, 9.17) is 20.4 Å². The highest BCUT2D eigenvalue weighted by molar-refractivity contribution is 6.05.